The Morgan fingerprint density at radius 1 is 1.85 bits per heavy atom. The summed E-state index contributed by atoms with van der Waals surface area (Å²) in [5, 5.41) is 6.19. The smallest absolute Gasteiger partial charge is 0.289 e. The fourth-order valence-corrected chi connectivity index (χ4v) is 0.806. The van der Waals surface area contributed by atoms with Crippen molar-refractivity contribution in [1.29, 1.82) is 0 Å². The summed E-state index contributed by atoms with van der Waals surface area (Å²) in [6.45, 7) is 2.21. The van der Waals surface area contributed by atoms with Crippen molar-refractivity contribution < 1.29 is 9.32 Å². The van der Waals surface area contributed by atoms with Crippen molar-refractivity contribution in [3.8, 4) is 12.3 Å². The molecule has 0 aromatic carbocycles. The van der Waals surface area contributed by atoms with Crippen molar-refractivity contribution in [2.45, 2.75) is 13.3 Å². The van der Waals surface area contributed by atoms with Crippen molar-refractivity contribution in [2.75, 3.05) is 6.54 Å². The predicted molar refractivity (Wildman–Crippen MR) is 47.0 cm³/mol. The molecule has 0 bridgehead atoms. The molecule has 68 valence electrons. The van der Waals surface area contributed by atoms with E-state index < -0.39 is 0 Å². The van der Waals surface area contributed by atoms with Crippen LogP contribution in [0.1, 0.15) is 22.7 Å². The summed E-state index contributed by atoms with van der Waals surface area (Å²) in [4.78, 5) is 11.2. The van der Waals surface area contributed by atoms with Crippen LogP contribution in [0.25, 0.3) is 0 Å². The van der Waals surface area contributed by atoms with Crippen LogP contribution in [0.3, 0.4) is 0 Å². The first-order valence-corrected chi connectivity index (χ1v) is 3.89. The summed E-state index contributed by atoms with van der Waals surface area (Å²) in [6.07, 6.45) is 5.53. The molecule has 0 aliphatic rings. The summed E-state index contributed by atoms with van der Waals surface area (Å²) in [5.74, 6) is 2.35. The minimum absolute atomic E-state index is 0.217. The molecule has 13 heavy (non-hydrogen) atoms. The Morgan fingerprint density at radius 2 is 2.62 bits per heavy atom. The Balaban J connectivity index is 2.45. The fraction of sp³-hybridized carbons (Fsp3) is 0.333. The van der Waals surface area contributed by atoms with Gasteiger partial charge >= 0.3 is 0 Å². The van der Waals surface area contributed by atoms with Crippen LogP contribution in [0.5, 0.6) is 0 Å². The van der Waals surface area contributed by atoms with Crippen LogP contribution in [0.2, 0.25) is 0 Å². The van der Waals surface area contributed by atoms with Crippen molar-refractivity contribution >= 4 is 5.91 Å². The molecule has 0 saturated heterocycles. The molecule has 1 N–H and O–H groups in total. The number of rotatable bonds is 3. The second-order valence-corrected chi connectivity index (χ2v) is 2.54. The van der Waals surface area contributed by atoms with Crippen LogP contribution in [0.4, 0.5) is 0 Å². The zero-order valence-corrected chi connectivity index (χ0v) is 7.33. The van der Waals surface area contributed by atoms with Crippen LogP contribution >= 0.6 is 0 Å². The van der Waals surface area contributed by atoms with Gasteiger partial charge in [0.25, 0.3) is 5.91 Å². The molecule has 0 fully saturated rings. The topological polar surface area (TPSA) is 55.1 Å². The van der Waals surface area contributed by atoms with Gasteiger partial charge < -0.3 is 9.84 Å². The first-order valence-electron chi connectivity index (χ1n) is 3.89. The highest BCUT2D eigenvalue weighted by atomic mass is 16.5. The molecule has 0 saturated carbocycles. The SMILES string of the molecule is C#CCCNC(=O)c1cc(C)no1. The molecule has 0 atom stereocenters. The average Bonchev–Trinajstić information content (AvgIpc) is 2.52. The molecule has 1 rings (SSSR count). The first-order chi connectivity index (χ1) is 6.24. The lowest BCUT2D eigenvalue weighted by Gasteiger charge is -1.96. The Labute approximate surface area is 76.3 Å². The lowest BCUT2D eigenvalue weighted by Crippen LogP contribution is -2.23. The van der Waals surface area contributed by atoms with E-state index in [1.807, 2.05) is 0 Å². The maximum Gasteiger partial charge on any atom is 0.289 e. The van der Waals surface area contributed by atoms with E-state index in [4.69, 9.17) is 10.9 Å². The van der Waals surface area contributed by atoms with Gasteiger partial charge in [0.15, 0.2) is 0 Å². The second-order valence-electron chi connectivity index (χ2n) is 2.54. The lowest BCUT2D eigenvalue weighted by molar-refractivity contribution is 0.0917. The molecular formula is C9H10N2O2. The number of carbonyl (C=O) groups is 1. The molecule has 4 heteroatoms. The minimum Gasteiger partial charge on any atom is -0.351 e. The molecular weight excluding hydrogens is 168 g/mol. The number of nitrogens with one attached hydrogen (secondary N) is 1. The Hall–Kier alpha value is -1.76. The lowest BCUT2D eigenvalue weighted by atomic mass is 10.3. The van der Waals surface area contributed by atoms with Crippen molar-refractivity contribution in [2.24, 2.45) is 0 Å². The minimum atomic E-state index is -0.282. The first kappa shape index (κ1) is 9.33. The third kappa shape index (κ3) is 2.64. The summed E-state index contributed by atoms with van der Waals surface area (Å²) >= 11 is 0. The van der Waals surface area contributed by atoms with E-state index >= 15 is 0 Å². The van der Waals surface area contributed by atoms with Gasteiger partial charge in [-0.25, -0.2) is 0 Å². The van der Waals surface area contributed by atoms with Crippen LogP contribution in [0.15, 0.2) is 10.6 Å². The van der Waals surface area contributed by atoms with E-state index in [1.54, 1.807) is 13.0 Å². The number of carbonyl (C=O) groups excluding carboxylic acids is 1. The number of aryl methyl sites for hydroxylation is 1. The van der Waals surface area contributed by atoms with Crippen molar-refractivity contribution in [3.63, 3.8) is 0 Å². The van der Waals surface area contributed by atoms with E-state index in [2.05, 4.69) is 16.4 Å². The molecule has 0 spiro atoms. The monoisotopic (exact) mass is 178 g/mol. The standard InChI is InChI=1S/C9H10N2O2/c1-3-4-5-10-9(12)8-6-7(2)11-13-8/h1,6H,4-5H2,2H3,(H,10,12). The second kappa shape index (κ2) is 4.31. The van der Waals surface area contributed by atoms with Gasteiger partial charge in [-0.15, -0.1) is 12.3 Å². The normalized spacial score (nSPS) is 9.23. The molecule has 1 heterocycles. The van der Waals surface area contributed by atoms with Crippen LogP contribution < -0.4 is 5.32 Å². The molecule has 0 aliphatic heterocycles. The Kier molecular flexibility index (Phi) is 3.09. The largest absolute Gasteiger partial charge is 0.351 e. The Bertz CT molecular complexity index is 336. The number of nitrogens with zero attached hydrogens (tertiary/aromatic N) is 1. The van der Waals surface area contributed by atoms with E-state index in [-0.39, 0.29) is 11.7 Å². The van der Waals surface area contributed by atoms with Gasteiger partial charge in [-0.05, 0) is 6.92 Å². The van der Waals surface area contributed by atoms with E-state index in [0.717, 1.165) is 0 Å². The highest BCUT2D eigenvalue weighted by Crippen LogP contribution is 2.00. The van der Waals surface area contributed by atoms with Gasteiger partial charge in [-0.1, -0.05) is 5.16 Å². The van der Waals surface area contributed by atoms with Gasteiger partial charge in [0.1, 0.15) is 0 Å². The number of hydrogen-bond acceptors (Lipinski definition) is 3. The van der Waals surface area contributed by atoms with E-state index in [1.165, 1.54) is 0 Å². The van der Waals surface area contributed by atoms with Crippen LogP contribution in [-0.4, -0.2) is 17.6 Å². The highest BCUT2D eigenvalue weighted by Gasteiger charge is 2.09. The predicted octanol–water partition coefficient (Wildman–Crippen LogP) is 0.736. The molecule has 0 aliphatic carbocycles. The van der Waals surface area contributed by atoms with E-state index in [9.17, 15) is 4.79 Å². The Morgan fingerprint density at radius 3 is 3.15 bits per heavy atom. The molecule has 4 nitrogen and oxygen atoms in total. The third-order valence-electron chi connectivity index (χ3n) is 1.41. The van der Waals surface area contributed by atoms with Gasteiger partial charge in [0.2, 0.25) is 5.76 Å². The fourth-order valence-electron chi connectivity index (χ4n) is 0.806. The molecule has 0 radical (unpaired) electrons. The zero-order chi connectivity index (χ0) is 9.68. The number of hydrogen-bond donors (Lipinski definition) is 1. The van der Waals surface area contributed by atoms with Crippen molar-refractivity contribution in [3.05, 3.63) is 17.5 Å². The van der Waals surface area contributed by atoms with E-state index in [0.29, 0.717) is 18.7 Å². The van der Waals surface area contributed by atoms with Gasteiger partial charge in [0.05, 0.1) is 5.69 Å². The van der Waals surface area contributed by atoms with Crippen molar-refractivity contribution in [1.82, 2.24) is 10.5 Å². The quantitative estimate of drug-likeness (QED) is 0.548. The summed E-state index contributed by atoms with van der Waals surface area (Å²) in [6, 6.07) is 1.57. The number of amides is 1. The summed E-state index contributed by atoms with van der Waals surface area (Å²) in [5.41, 5.74) is 0.682. The maximum absolute atomic E-state index is 11.2. The number of aromatic nitrogens is 1. The summed E-state index contributed by atoms with van der Waals surface area (Å²) < 4.78 is 4.74. The molecule has 1 aromatic rings. The van der Waals surface area contributed by atoms with Crippen LogP contribution in [-0.2, 0) is 0 Å². The summed E-state index contributed by atoms with van der Waals surface area (Å²) in [7, 11) is 0. The van der Waals surface area contributed by atoms with Gasteiger partial charge in [0, 0.05) is 19.0 Å². The molecule has 0 unspecified atom stereocenters. The molecule has 1 aromatic heterocycles. The van der Waals surface area contributed by atoms with Gasteiger partial charge in [-0.2, -0.15) is 0 Å². The highest BCUT2D eigenvalue weighted by molar-refractivity contribution is 5.91. The third-order valence-corrected chi connectivity index (χ3v) is 1.41. The molecule has 1 amide bonds. The number of terminal acetylenes is 1. The zero-order valence-electron chi connectivity index (χ0n) is 7.33. The maximum atomic E-state index is 11.2. The van der Waals surface area contributed by atoms with Gasteiger partial charge in [-0.3, -0.25) is 4.79 Å². The average molecular weight is 178 g/mol. The van der Waals surface area contributed by atoms with Crippen LogP contribution in [0, 0.1) is 19.3 Å².